The highest BCUT2D eigenvalue weighted by Crippen LogP contribution is 2.24. The van der Waals surface area contributed by atoms with E-state index >= 15 is 0 Å². The molecule has 5 atom stereocenters. The quantitative estimate of drug-likeness (QED) is 0.578. The highest BCUT2D eigenvalue weighted by atomic mass is 16.5. The van der Waals surface area contributed by atoms with Crippen LogP contribution in [-0.4, -0.2) is 54.0 Å². The summed E-state index contributed by atoms with van der Waals surface area (Å²) in [6.45, 7) is 6.94. The van der Waals surface area contributed by atoms with Crippen LogP contribution in [0.25, 0.3) is 0 Å². The van der Waals surface area contributed by atoms with Crippen molar-refractivity contribution in [3.8, 4) is 0 Å². The lowest BCUT2D eigenvalue weighted by Crippen LogP contribution is -2.57. The summed E-state index contributed by atoms with van der Waals surface area (Å²) < 4.78 is 10.9. The van der Waals surface area contributed by atoms with Crippen LogP contribution in [0.5, 0.6) is 0 Å². The standard InChI is InChI=1S/C16H28N2O5/c1-5-13(9(3)19)23-14-8-11(16(21)22-6-2)7-12(17)15(14)18-10(4)20/h8-9,12-15,19H,5-7,17H2,1-4H3,(H,18,20)/t9?,12-,13?,14+,15+/m0/s1. The van der Waals surface area contributed by atoms with Crippen molar-refractivity contribution in [1.82, 2.24) is 5.32 Å². The van der Waals surface area contributed by atoms with Gasteiger partial charge in [0.2, 0.25) is 5.91 Å². The SMILES string of the molecule is CCOC(=O)C1=C[C@@H](OC(CC)C(C)O)[C@H](NC(C)=O)[C@@H](N)C1. The number of carbonyl (C=O) groups excluding carboxylic acids is 2. The van der Waals surface area contributed by atoms with E-state index in [1.54, 1.807) is 19.9 Å². The van der Waals surface area contributed by atoms with Crippen molar-refractivity contribution in [3.63, 3.8) is 0 Å². The van der Waals surface area contributed by atoms with Crippen LogP contribution < -0.4 is 11.1 Å². The van der Waals surface area contributed by atoms with Gasteiger partial charge in [-0.2, -0.15) is 0 Å². The summed E-state index contributed by atoms with van der Waals surface area (Å²) in [4.78, 5) is 23.4. The zero-order valence-corrected chi connectivity index (χ0v) is 14.2. The number of rotatable bonds is 7. The summed E-state index contributed by atoms with van der Waals surface area (Å²) in [6, 6.07) is -0.932. The van der Waals surface area contributed by atoms with Crippen molar-refractivity contribution in [3.05, 3.63) is 11.6 Å². The molecule has 0 radical (unpaired) electrons. The molecule has 0 aliphatic heterocycles. The van der Waals surface area contributed by atoms with Crippen LogP contribution >= 0.6 is 0 Å². The normalized spacial score (nSPS) is 26.9. The van der Waals surface area contributed by atoms with E-state index in [0.29, 0.717) is 18.4 Å². The maximum absolute atomic E-state index is 12.0. The van der Waals surface area contributed by atoms with Crippen LogP contribution in [0.3, 0.4) is 0 Å². The molecule has 0 heterocycles. The van der Waals surface area contributed by atoms with Crippen LogP contribution in [-0.2, 0) is 19.1 Å². The van der Waals surface area contributed by atoms with Gasteiger partial charge < -0.3 is 25.6 Å². The molecule has 7 nitrogen and oxygen atoms in total. The number of carbonyl (C=O) groups is 2. The monoisotopic (exact) mass is 328 g/mol. The van der Waals surface area contributed by atoms with Gasteiger partial charge in [-0.3, -0.25) is 4.79 Å². The Kier molecular flexibility index (Phi) is 7.67. The summed E-state index contributed by atoms with van der Waals surface area (Å²) in [5, 5.41) is 12.6. The molecule has 0 saturated carbocycles. The zero-order valence-electron chi connectivity index (χ0n) is 14.2. The minimum atomic E-state index is -0.671. The van der Waals surface area contributed by atoms with E-state index < -0.39 is 36.4 Å². The van der Waals surface area contributed by atoms with Gasteiger partial charge >= 0.3 is 5.97 Å². The lowest BCUT2D eigenvalue weighted by molar-refractivity contribution is -0.139. The van der Waals surface area contributed by atoms with Gasteiger partial charge in [-0.15, -0.1) is 0 Å². The van der Waals surface area contributed by atoms with Crippen LogP contribution in [0.1, 0.15) is 40.5 Å². The number of aliphatic hydroxyl groups excluding tert-OH is 1. The smallest absolute Gasteiger partial charge is 0.333 e. The Balaban J connectivity index is 3.03. The minimum Gasteiger partial charge on any atom is -0.463 e. The fraction of sp³-hybridized carbons (Fsp3) is 0.750. The van der Waals surface area contributed by atoms with Crippen LogP contribution in [0, 0.1) is 0 Å². The molecule has 132 valence electrons. The van der Waals surface area contributed by atoms with E-state index in [1.165, 1.54) is 6.92 Å². The number of aliphatic hydroxyl groups is 1. The highest BCUT2D eigenvalue weighted by molar-refractivity contribution is 5.89. The second-order valence-electron chi connectivity index (χ2n) is 5.79. The van der Waals surface area contributed by atoms with Crippen LogP contribution in [0.15, 0.2) is 11.6 Å². The number of hydrogen-bond acceptors (Lipinski definition) is 6. The number of esters is 1. The van der Waals surface area contributed by atoms with E-state index in [2.05, 4.69) is 5.32 Å². The van der Waals surface area contributed by atoms with Gasteiger partial charge in [-0.05, 0) is 32.8 Å². The Morgan fingerprint density at radius 1 is 1.48 bits per heavy atom. The minimum absolute atomic E-state index is 0.225. The Bertz CT molecular complexity index is 450. The predicted molar refractivity (Wildman–Crippen MR) is 85.5 cm³/mol. The third kappa shape index (κ3) is 5.60. The third-order valence-corrected chi connectivity index (χ3v) is 3.82. The summed E-state index contributed by atoms with van der Waals surface area (Å²) in [5.74, 6) is -0.653. The molecular formula is C16H28N2O5. The third-order valence-electron chi connectivity index (χ3n) is 3.82. The van der Waals surface area contributed by atoms with E-state index in [4.69, 9.17) is 15.2 Å². The number of nitrogens with one attached hydrogen (secondary N) is 1. The van der Waals surface area contributed by atoms with Gasteiger partial charge in [-0.25, -0.2) is 4.79 Å². The summed E-state index contributed by atoms with van der Waals surface area (Å²) in [5.41, 5.74) is 6.57. The Labute approximate surface area is 137 Å². The summed E-state index contributed by atoms with van der Waals surface area (Å²) in [6.07, 6.45) is 0.861. The molecule has 2 unspecified atom stereocenters. The Morgan fingerprint density at radius 2 is 2.13 bits per heavy atom. The number of ether oxygens (including phenoxy) is 2. The molecular weight excluding hydrogens is 300 g/mol. The molecule has 0 aromatic heterocycles. The first-order chi connectivity index (χ1) is 10.8. The molecule has 0 fully saturated rings. The number of amides is 1. The van der Waals surface area contributed by atoms with Crippen molar-refractivity contribution < 1.29 is 24.2 Å². The second-order valence-corrected chi connectivity index (χ2v) is 5.79. The van der Waals surface area contributed by atoms with Crippen LogP contribution in [0.4, 0.5) is 0 Å². The maximum atomic E-state index is 12.0. The molecule has 4 N–H and O–H groups in total. The summed E-state index contributed by atoms with van der Waals surface area (Å²) >= 11 is 0. The van der Waals surface area contributed by atoms with Crippen molar-refractivity contribution >= 4 is 11.9 Å². The van der Waals surface area contributed by atoms with Gasteiger partial charge in [0.1, 0.15) is 0 Å². The fourth-order valence-corrected chi connectivity index (χ4v) is 2.67. The Morgan fingerprint density at radius 3 is 2.61 bits per heavy atom. The lowest BCUT2D eigenvalue weighted by atomic mass is 9.88. The lowest BCUT2D eigenvalue weighted by Gasteiger charge is -2.37. The zero-order chi connectivity index (χ0) is 17.6. The van der Waals surface area contributed by atoms with Gasteiger partial charge in [0.05, 0.1) is 31.0 Å². The van der Waals surface area contributed by atoms with E-state index in [-0.39, 0.29) is 12.5 Å². The van der Waals surface area contributed by atoms with E-state index in [0.717, 1.165) is 0 Å². The molecule has 1 rings (SSSR count). The first-order valence-corrected chi connectivity index (χ1v) is 8.04. The number of nitrogens with two attached hydrogens (primary N) is 1. The van der Waals surface area contributed by atoms with E-state index in [1.807, 2.05) is 6.92 Å². The molecule has 0 bridgehead atoms. The largest absolute Gasteiger partial charge is 0.463 e. The number of hydrogen-bond donors (Lipinski definition) is 3. The van der Waals surface area contributed by atoms with Gasteiger partial charge in [0.15, 0.2) is 0 Å². The fourth-order valence-electron chi connectivity index (χ4n) is 2.67. The average molecular weight is 328 g/mol. The summed E-state index contributed by atoms with van der Waals surface area (Å²) in [7, 11) is 0. The predicted octanol–water partition coefficient (Wildman–Crippen LogP) is 0.256. The first kappa shape index (κ1) is 19.6. The van der Waals surface area contributed by atoms with Gasteiger partial charge in [0.25, 0.3) is 0 Å². The maximum Gasteiger partial charge on any atom is 0.333 e. The van der Waals surface area contributed by atoms with Crippen molar-refractivity contribution in [2.75, 3.05) is 6.61 Å². The molecule has 0 saturated heterocycles. The Hall–Kier alpha value is -1.44. The van der Waals surface area contributed by atoms with Gasteiger partial charge in [0, 0.05) is 18.5 Å². The second kappa shape index (κ2) is 9.00. The van der Waals surface area contributed by atoms with E-state index in [9.17, 15) is 14.7 Å². The van der Waals surface area contributed by atoms with Crippen molar-refractivity contribution in [2.45, 2.75) is 70.9 Å². The molecule has 1 aliphatic rings. The topological polar surface area (TPSA) is 111 Å². The molecule has 0 aromatic carbocycles. The molecule has 7 heteroatoms. The molecule has 1 amide bonds. The van der Waals surface area contributed by atoms with Crippen molar-refractivity contribution in [2.24, 2.45) is 5.73 Å². The van der Waals surface area contributed by atoms with Crippen LogP contribution in [0.2, 0.25) is 0 Å². The average Bonchev–Trinajstić information content (AvgIpc) is 2.46. The molecule has 0 aromatic rings. The molecule has 1 aliphatic carbocycles. The molecule has 23 heavy (non-hydrogen) atoms. The van der Waals surface area contributed by atoms with Gasteiger partial charge in [-0.1, -0.05) is 6.92 Å². The highest BCUT2D eigenvalue weighted by Gasteiger charge is 2.36. The molecule has 0 spiro atoms. The first-order valence-electron chi connectivity index (χ1n) is 8.04. The van der Waals surface area contributed by atoms with Crippen molar-refractivity contribution in [1.29, 1.82) is 0 Å².